The molecule has 2 aromatic carbocycles. The number of amides is 1. The monoisotopic (exact) mass is 366 g/mol. The van der Waals surface area contributed by atoms with Gasteiger partial charge < -0.3 is 18.7 Å². The van der Waals surface area contributed by atoms with Crippen LogP contribution in [0.25, 0.3) is 11.4 Å². The third-order valence-corrected chi connectivity index (χ3v) is 3.74. The summed E-state index contributed by atoms with van der Waals surface area (Å²) in [5.74, 6) is 1.50. The van der Waals surface area contributed by atoms with Crippen molar-refractivity contribution in [3.8, 4) is 28.6 Å². The van der Waals surface area contributed by atoms with Crippen LogP contribution in [0.4, 0.5) is 0 Å². The zero-order valence-electron chi connectivity index (χ0n) is 14.2. The van der Waals surface area contributed by atoms with E-state index in [1.165, 1.54) is 6.21 Å². The number of benzene rings is 2. The van der Waals surface area contributed by atoms with Gasteiger partial charge >= 0.3 is 11.8 Å². The van der Waals surface area contributed by atoms with Gasteiger partial charge in [-0.15, -0.1) is 0 Å². The highest BCUT2D eigenvalue weighted by atomic mass is 16.7. The molecule has 1 amide bonds. The van der Waals surface area contributed by atoms with Crippen molar-refractivity contribution in [2.45, 2.75) is 0 Å². The first-order valence-electron chi connectivity index (χ1n) is 7.94. The highest BCUT2D eigenvalue weighted by Crippen LogP contribution is 2.31. The van der Waals surface area contributed by atoms with Crippen molar-refractivity contribution < 1.29 is 23.5 Å². The maximum atomic E-state index is 12.1. The number of aromatic nitrogens is 2. The molecule has 1 aliphatic rings. The minimum absolute atomic E-state index is 0.191. The highest BCUT2D eigenvalue weighted by molar-refractivity contribution is 5.91. The number of carbonyl (C=O) groups excluding carboxylic acids is 1. The third-order valence-electron chi connectivity index (χ3n) is 3.74. The van der Waals surface area contributed by atoms with Crippen molar-refractivity contribution in [3.05, 3.63) is 53.9 Å². The summed E-state index contributed by atoms with van der Waals surface area (Å²) in [5.41, 5.74) is 3.78. The smallest absolute Gasteiger partial charge is 0.329 e. The summed E-state index contributed by atoms with van der Waals surface area (Å²) in [4.78, 5) is 16.1. The fourth-order valence-electron chi connectivity index (χ4n) is 2.38. The highest BCUT2D eigenvalue weighted by Gasteiger charge is 2.16. The maximum Gasteiger partial charge on any atom is 0.329 e. The summed E-state index contributed by atoms with van der Waals surface area (Å²) < 4.78 is 20.6. The average molecular weight is 366 g/mol. The number of methoxy groups -OCH3 is 1. The van der Waals surface area contributed by atoms with Gasteiger partial charge in [-0.25, -0.2) is 5.43 Å². The molecule has 1 N–H and O–H groups in total. The number of rotatable bonds is 5. The molecular formula is C18H14N4O5. The van der Waals surface area contributed by atoms with Crippen LogP contribution in [0.5, 0.6) is 17.2 Å². The molecule has 0 spiro atoms. The predicted molar refractivity (Wildman–Crippen MR) is 93.9 cm³/mol. The molecule has 1 aliphatic heterocycles. The van der Waals surface area contributed by atoms with Crippen molar-refractivity contribution >= 4 is 12.1 Å². The summed E-state index contributed by atoms with van der Waals surface area (Å²) in [6.07, 6.45) is 1.47. The second-order valence-electron chi connectivity index (χ2n) is 5.46. The van der Waals surface area contributed by atoms with Crippen molar-refractivity contribution in [1.29, 1.82) is 0 Å². The maximum absolute atomic E-state index is 12.1. The molecule has 0 bridgehead atoms. The Hall–Kier alpha value is -3.88. The van der Waals surface area contributed by atoms with Crippen LogP contribution >= 0.6 is 0 Å². The zero-order chi connectivity index (χ0) is 18.6. The predicted octanol–water partition coefficient (Wildman–Crippen LogP) is 2.24. The van der Waals surface area contributed by atoms with Gasteiger partial charge in [0.2, 0.25) is 12.6 Å². The number of hydrazone groups is 1. The fourth-order valence-corrected chi connectivity index (χ4v) is 2.38. The molecule has 0 unspecified atom stereocenters. The van der Waals surface area contributed by atoms with Gasteiger partial charge in [0.15, 0.2) is 11.5 Å². The van der Waals surface area contributed by atoms with Crippen LogP contribution in [0.3, 0.4) is 0 Å². The summed E-state index contributed by atoms with van der Waals surface area (Å²) in [6, 6.07) is 12.4. The Kier molecular flexibility index (Phi) is 4.40. The molecule has 1 aromatic heterocycles. The molecule has 0 aliphatic carbocycles. The van der Waals surface area contributed by atoms with Crippen molar-refractivity contribution in [2.75, 3.05) is 13.9 Å². The zero-order valence-corrected chi connectivity index (χ0v) is 14.2. The summed E-state index contributed by atoms with van der Waals surface area (Å²) in [7, 11) is 1.58. The van der Waals surface area contributed by atoms with Crippen molar-refractivity contribution in [2.24, 2.45) is 5.10 Å². The number of nitrogens with zero attached hydrogens (tertiary/aromatic N) is 3. The number of ether oxygens (including phenoxy) is 3. The molecule has 0 saturated heterocycles. The Labute approximate surface area is 153 Å². The van der Waals surface area contributed by atoms with Gasteiger partial charge in [-0.1, -0.05) is 5.16 Å². The van der Waals surface area contributed by atoms with Gasteiger partial charge in [0.05, 0.1) is 13.3 Å². The number of fused-ring (bicyclic) bond motifs is 1. The van der Waals surface area contributed by atoms with E-state index in [0.717, 1.165) is 5.56 Å². The minimum Gasteiger partial charge on any atom is -0.497 e. The molecule has 4 rings (SSSR count). The molecule has 27 heavy (non-hydrogen) atoms. The van der Waals surface area contributed by atoms with Crippen LogP contribution in [0, 0.1) is 0 Å². The molecular weight excluding hydrogens is 352 g/mol. The Morgan fingerprint density at radius 1 is 1.19 bits per heavy atom. The number of hydrogen-bond donors (Lipinski definition) is 1. The molecule has 2 heterocycles. The van der Waals surface area contributed by atoms with Crippen molar-refractivity contribution in [3.63, 3.8) is 0 Å². The van der Waals surface area contributed by atoms with Crippen LogP contribution in [-0.4, -0.2) is 36.2 Å². The Morgan fingerprint density at radius 2 is 2.00 bits per heavy atom. The van der Waals surface area contributed by atoms with E-state index in [4.69, 9.17) is 18.7 Å². The number of hydrogen-bond acceptors (Lipinski definition) is 8. The lowest BCUT2D eigenvalue weighted by atomic mass is 10.2. The molecule has 136 valence electrons. The number of carbonyl (C=O) groups is 1. The summed E-state index contributed by atoms with van der Waals surface area (Å²) in [5, 5.41) is 7.68. The molecule has 0 saturated carbocycles. The first kappa shape index (κ1) is 16.6. The SMILES string of the molecule is COc1ccc(-c2noc(C(=O)N/N=C/c3ccc4c(c3)OCO4)n2)cc1. The van der Waals surface area contributed by atoms with Crippen molar-refractivity contribution in [1.82, 2.24) is 15.6 Å². The third kappa shape index (κ3) is 3.56. The normalized spacial score (nSPS) is 12.3. The molecule has 9 heteroatoms. The molecule has 0 radical (unpaired) electrons. The first-order chi connectivity index (χ1) is 13.2. The largest absolute Gasteiger partial charge is 0.497 e. The number of nitrogens with one attached hydrogen (secondary N) is 1. The van der Waals surface area contributed by atoms with Gasteiger partial charge in [0.25, 0.3) is 0 Å². The van der Waals surface area contributed by atoms with E-state index >= 15 is 0 Å². The second kappa shape index (κ2) is 7.16. The van der Waals surface area contributed by atoms with E-state index in [0.29, 0.717) is 28.6 Å². The molecule has 0 atom stereocenters. The topological polar surface area (TPSA) is 108 Å². The van der Waals surface area contributed by atoms with Gasteiger partial charge in [-0.2, -0.15) is 10.1 Å². The summed E-state index contributed by atoms with van der Waals surface area (Å²) >= 11 is 0. The van der Waals surface area contributed by atoms with Crippen LogP contribution in [-0.2, 0) is 0 Å². The molecule has 3 aromatic rings. The lowest BCUT2D eigenvalue weighted by Crippen LogP contribution is -2.17. The van der Waals surface area contributed by atoms with Gasteiger partial charge in [0, 0.05) is 5.56 Å². The van der Waals surface area contributed by atoms with Crippen LogP contribution in [0.1, 0.15) is 16.2 Å². The van der Waals surface area contributed by atoms with E-state index in [2.05, 4.69) is 20.7 Å². The van der Waals surface area contributed by atoms with Gasteiger partial charge in [-0.3, -0.25) is 4.79 Å². The minimum atomic E-state index is -0.612. The van der Waals surface area contributed by atoms with E-state index in [1.807, 2.05) is 0 Å². The quantitative estimate of drug-likeness (QED) is 0.545. The standard InChI is InChI=1S/C18H14N4O5/c1-24-13-5-3-12(4-6-13)16-20-18(27-22-16)17(23)21-19-9-11-2-7-14-15(8-11)26-10-25-14/h2-9H,10H2,1H3,(H,21,23)/b19-9+. The van der Waals surface area contributed by atoms with E-state index in [-0.39, 0.29) is 12.7 Å². The van der Waals surface area contributed by atoms with E-state index in [9.17, 15) is 4.79 Å². The van der Waals surface area contributed by atoms with Gasteiger partial charge in [0.1, 0.15) is 5.75 Å². The molecule has 9 nitrogen and oxygen atoms in total. The van der Waals surface area contributed by atoms with Crippen LogP contribution < -0.4 is 19.6 Å². The lowest BCUT2D eigenvalue weighted by Gasteiger charge is -1.99. The van der Waals surface area contributed by atoms with Crippen LogP contribution in [0.15, 0.2) is 52.1 Å². The van der Waals surface area contributed by atoms with E-state index < -0.39 is 5.91 Å². The van der Waals surface area contributed by atoms with E-state index in [1.54, 1.807) is 49.6 Å². The Morgan fingerprint density at radius 3 is 2.81 bits per heavy atom. The van der Waals surface area contributed by atoms with Crippen LogP contribution in [0.2, 0.25) is 0 Å². The summed E-state index contributed by atoms with van der Waals surface area (Å²) in [6.45, 7) is 0.195. The second-order valence-corrected chi connectivity index (χ2v) is 5.46. The van der Waals surface area contributed by atoms with Gasteiger partial charge in [-0.05, 0) is 48.0 Å². The Balaban J connectivity index is 1.40. The molecule has 0 fully saturated rings. The Bertz CT molecular complexity index is 997. The first-order valence-corrected chi connectivity index (χ1v) is 7.94. The lowest BCUT2D eigenvalue weighted by molar-refractivity contribution is 0.0911. The average Bonchev–Trinajstić information content (AvgIpc) is 3.37. The fraction of sp³-hybridized carbons (Fsp3) is 0.111.